The zero-order valence-electron chi connectivity index (χ0n) is 19.7. The molecule has 0 N–H and O–H groups in total. The molecule has 0 amide bonds. The van der Waals surface area contributed by atoms with Gasteiger partial charge in [-0.2, -0.15) is 0 Å². The smallest absolute Gasteiger partial charge is 0.311 e. The number of fused-ring (bicyclic) bond motifs is 1. The Labute approximate surface area is 213 Å². The summed E-state index contributed by atoms with van der Waals surface area (Å²) >= 11 is 1.55. The van der Waals surface area contributed by atoms with E-state index in [4.69, 9.17) is 9.73 Å². The first-order valence-electron chi connectivity index (χ1n) is 11.4. The van der Waals surface area contributed by atoms with E-state index in [0.29, 0.717) is 11.1 Å². The van der Waals surface area contributed by atoms with E-state index in [0.717, 1.165) is 21.2 Å². The van der Waals surface area contributed by atoms with Crippen molar-refractivity contribution in [2.24, 2.45) is 4.99 Å². The number of ketones is 1. The SMILES string of the molecule is COc1ccc(C2N=C3SC(C)=CN3C2/C=C/C(=O)c2ccc(-c3ccccc3)cc2)cc1[N+](=O)[O-]. The molecule has 0 aliphatic carbocycles. The van der Waals surface area contributed by atoms with E-state index in [1.165, 1.54) is 13.2 Å². The zero-order chi connectivity index (χ0) is 25.2. The molecule has 2 atom stereocenters. The van der Waals surface area contributed by atoms with Crippen LogP contribution in [0.1, 0.15) is 28.9 Å². The third-order valence-electron chi connectivity index (χ3n) is 6.15. The fourth-order valence-corrected chi connectivity index (χ4v) is 5.27. The summed E-state index contributed by atoms with van der Waals surface area (Å²) in [6, 6.07) is 21.7. The van der Waals surface area contributed by atoms with Crippen molar-refractivity contribution in [3.63, 3.8) is 0 Å². The molecule has 2 aliphatic rings. The Morgan fingerprint density at radius 2 is 1.81 bits per heavy atom. The number of nitrogens with zero attached hydrogens (tertiary/aromatic N) is 3. The van der Waals surface area contributed by atoms with Gasteiger partial charge in [-0.25, -0.2) is 0 Å². The lowest BCUT2D eigenvalue weighted by Crippen LogP contribution is -2.28. The lowest BCUT2D eigenvalue weighted by molar-refractivity contribution is -0.385. The molecule has 7 nitrogen and oxygen atoms in total. The van der Waals surface area contributed by atoms with Crippen LogP contribution in [0, 0.1) is 10.1 Å². The van der Waals surface area contributed by atoms with E-state index in [9.17, 15) is 14.9 Å². The van der Waals surface area contributed by atoms with Crippen LogP contribution in [-0.4, -0.2) is 33.9 Å². The van der Waals surface area contributed by atoms with E-state index in [2.05, 4.69) is 0 Å². The number of ether oxygens (including phenoxy) is 1. The molecule has 0 fully saturated rings. The highest BCUT2D eigenvalue weighted by Gasteiger charge is 2.38. The van der Waals surface area contributed by atoms with Gasteiger partial charge in [0.25, 0.3) is 0 Å². The molecule has 3 aromatic rings. The van der Waals surface area contributed by atoms with Crippen LogP contribution in [0.2, 0.25) is 0 Å². The molecule has 3 aromatic carbocycles. The molecule has 2 aliphatic heterocycles. The van der Waals surface area contributed by atoms with E-state index in [-0.39, 0.29) is 23.3 Å². The number of thioether (sulfide) groups is 1. The Hall–Kier alpha value is -4.17. The Bertz CT molecular complexity index is 1410. The lowest BCUT2D eigenvalue weighted by Gasteiger charge is -2.22. The maximum atomic E-state index is 13.0. The van der Waals surface area contributed by atoms with Crippen molar-refractivity contribution in [1.82, 2.24) is 4.90 Å². The second kappa shape index (κ2) is 9.83. The molecule has 180 valence electrons. The average molecular weight is 498 g/mol. The summed E-state index contributed by atoms with van der Waals surface area (Å²) in [7, 11) is 1.40. The summed E-state index contributed by atoms with van der Waals surface area (Å²) in [6.07, 6.45) is 5.40. The van der Waals surface area contributed by atoms with E-state index < -0.39 is 11.0 Å². The summed E-state index contributed by atoms with van der Waals surface area (Å²) in [6.45, 7) is 2.00. The number of hydrogen-bond acceptors (Lipinski definition) is 7. The van der Waals surface area contributed by atoms with E-state index in [1.54, 1.807) is 30.0 Å². The first-order chi connectivity index (χ1) is 17.4. The molecule has 0 radical (unpaired) electrons. The number of amidine groups is 1. The molecule has 0 bridgehead atoms. The molecule has 0 saturated carbocycles. The number of rotatable bonds is 7. The Morgan fingerprint density at radius 3 is 2.50 bits per heavy atom. The van der Waals surface area contributed by atoms with Gasteiger partial charge in [0, 0.05) is 22.7 Å². The standard InChI is InChI=1S/C28H23N3O4S/c1-18-17-30-23(13-14-25(32)21-10-8-20(9-11-21)19-6-4-3-5-7-19)27(29-28(30)36-18)22-12-15-26(35-2)24(16-22)31(33)34/h3-17,23,27H,1-2H3/b14-13+. The van der Waals surface area contributed by atoms with Gasteiger partial charge in [0.15, 0.2) is 16.7 Å². The highest BCUT2D eigenvalue weighted by Crippen LogP contribution is 2.43. The van der Waals surface area contributed by atoms with Gasteiger partial charge in [0.1, 0.15) is 6.04 Å². The quantitative estimate of drug-likeness (QED) is 0.163. The number of allylic oxidation sites excluding steroid dienone is 2. The van der Waals surface area contributed by atoms with Gasteiger partial charge in [-0.3, -0.25) is 19.9 Å². The Morgan fingerprint density at radius 1 is 1.08 bits per heavy atom. The molecular formula is C28H23N3O4S. The maximum absolute atomic E-state index is 13.0. The number of nitro groups is 1. The number of aliphatic imine (C=N–C) groups is 1. The van der Waals surface area contributed by atoms with Gasteiger partial charge >= 0.3 is 5.69 Å². The number of nitro benzene ring substituents is 1. The first-order valence-corrected chi connectivity index (χ1v) is 12.2. The molecule has 8 heteroatoms. The first kappa shape index (κ1) is 23.6. The molecular weight excluding hydrogens is 474 g/mol. The summed E-state index contributed by atoms with van der Waals surface area (Å²) in [5, 5.41) is 12.4. The zero-order valence-corrected chi connectivity index (χ0v) is 20.5. The molecule has 2 unspecified atom stereocenters. The molecule has 2 heterocycles. The van der Waals surface area contributed by atoms with Crippen LogP contribution >= 0.6 is 11.8 Å². The highest BCUT2D eigenvalue weighted by atomic mass is 32.2. The van der Waals surface area contributed by atoms with Gasteiger partial charge in [-0.05, 0) is 35.8 Å². The third kappa shape index (κ3) is 4.55. The Kier molecular flexibility index (Phi) is 6.43. The van der Waals surface area contributed by atoms with Crippen molar-refractivity contribution >= 4 is 28.4 Å². The summed E-state index contributed by atoms with van der Waals surface area (Å²) in [5.41, 5.74) is 3.29. The number of methoxy groups -OCH3 is 1. The normalized spacial score (nSPS) is 18.7. The van der Waals surface area contributed by atoms with Crippen LogP contribution in [0.25, 0.3) is 11.1 Å². The van der Waals surface area contributed by atoms with Crippen LogP contribution in [0.5, 0.6) is 5.75 Å². The largest absolute Gasteiger partial charge is 0.490 e. The second-order valence-electron chi connectivity index (χ2n) is 8.45. The third-order valence-corrected chi connectivity index (χ3v) is 7.08. The minimum atomic E-state index is -0.460. The van der Waals surface area contributed by atoms with Crippen LogP contribution < -0.4 is 4.74 Å². The Balaban J connectivity index is 1.41. The minimum absolute atomic E-state index is 0.112. The van der Waals surface area contributed by atoms with Crippen molar-refractivity contribution in [1.29, 1.82) is 0 Å². The van der Waals surface area contributed by atoms with E-state index in [1.807, 2.05) is 78.7 Å². The van der Waals surface area contributed by atoms with Crippen LogP contribution in [0.15, 0.2) is 101 Å². The summed E-state index contributed by atoms with van der Waals surface area (Å²) in [4.78, 5) is 32.0. The summed E-state index contributed by atoms with van der Waals surface area (Å²) < 4.78 is 5.14. The second-order valence-corrected chi connectivity index (χ2v) is 9.66. The van der Waals surface area contributed by atoms with Crippen molar-refractivity contribution in [2.45, 2.75) is 19.0 Å². The van der Waals surface area contributed by atoms with Gasteiger partial charge in [-0.15, -0.1) is 0 Å². The maximum Gasteiger partial charge on any atom is 0.311 e. The van der Waals surface area contributed by atoms with Crippen LogP contribution in [-0.2, 0) is 0 Å². The van der Waals surface area contributed by atoms with Crippen molar-refractivity contribution in [3.05, 3.63) is 117 Å². The number of hydrogen-bond donors (Lipinski definition) is 0. The van der Waals surface area contributed by atoms with Gasteiger partial charge in [-0.1, -0.05) is 78.5 Å². The van der Waals surface area contributed by atoms with E-state index >= 15 is 0 Å². The summed E-state index contributed by atoms with van der Waals surface area (Å²) in [5.74, 6) is 0.0799. The number of benzene rings is 3. The number of carbonyl (C=O) groups excluding carboxylic acids is 1. The predicted molar refractivity (Wildman–Crippen MR) is 142 cm³/mol. The van der Waals surface area contributed by atoms with Crippen LogP contribution in [0.4, 0.5) is 5.69 Å². The van der Waals surface area contributed by atoms with Gasteiger partial charge in [0.05, 0.1) is 18.1 Å². The lowest BCUT2D eigenvalue weighted by atomic mass is 9.97. The van der Waals surface area contributed by atoms with Crippen LogP contribution in [0.3, 0.4) is 0 Å². The predicted octanol–water partition coefficient (Wildman–Crippen LogP) is 6.40. The molecule has 0 saturated heterocycles. The van der Waals surface area contributed by atoms with Crippen molar-refractivity contribution in [3.8, 4) is 16.9 Å². The minimum Gasteiger partial charge on any atom is -0.490 e. The van der Waals surface area contributed by atoms with Gasteiger partial charge < -0.3 is 9.64 Å². The molecule has 5 rings (SSSR count). The highest BCUT2D eigenvalue weighted by molar-refractivity contribution is 8.17. The fraction of sp³-hybridized carbons (Fsp3) is 0.143. The molecule has 36 heavy (non-hydrogen) atoms. The number of carbonyl (C=O) groups is 1. The van der Waals surface area contributed by atoms with Gasteiger partial charge in [0.2, 0.25) is 0 Å². The molecule has 0 spiro atoms. The fourth-order valence-electron chi connectivity index (χ4n) is 4.37. The van der Waals surface area contributed by atoms with Crippen molar-refractivity contribution < 1.29 is 14.5 Å². The monoisotopic (exact) mass is 497 g/mol. The molecule has 0 aromatic heterocycles. The topological polar surface area (TPSA) is 85.0 Å². The average Bonchev–Trinajstić information content (AvgIpc) is 3.43. The van der Waals surface area contributed by atoms with Crippen molar-refractivity contribution in [2.75, 3.05) is 7.11 Å².